The average Bonchev–Trinajstić information content (AvgIpc) is 3.36. The zero-order valence-corrected chi connectivity index (χ0v) is 19.4. The van der Waals surface area contributed by atoms with Crippen molar-refractivity contribution >= 4 is 28.7 Å². The van der Waals surface area contributed by atoms with E-state index in [0.29, 0.717) is 49.5 Å². The van der Waals surface area contributed by atoms with Gasteiger partial charge in [-0.1, -0.05) is 12.8 Å². The molecule has 2 aromatic heterocycles. The summed E-state index contributed by atoms with van der Waals surface area (Å²) in [5.74, 6) is 1.06. The maximum atomic E-state index is 13.0. The number of amides is 1. The van der Waals surface area contributed by atoms with E-state index < -0.39 is 0 Å². The molecule has 2 aromatic rings. The Morgan fingerprint density at radius 1 is 1.19 bits per heavy atom. The lowest BCUT2D eigenvalue weighted by Gasteiger charge is -2.17. The zero-order valence-electron chi connectivity index (χ0n) is 19.4. The number of carbonyl (C=O) groups is 1. The first-order valence-electron chi connectivity index (χ1n) is 11.1. The monoisotopic (exact) mass is 432 g/mol. The summed E-state index contributed by atoms with van der Waals surface area (Å²) in [6.07, 6.45) is 4.67. The van der Waals surface area contributed by atoms with Crippen LogP contribution in [0, 0.1) is 0 Å². The molecule has 10 nitrogen and oxygen atoms in total. The standard InChI is InChI=1S/C21H36N8O2/c1-6-31-14-13-29-18-16(17(26-29)20(30)22-11-12-27(2)3)24-21(28(4)5)25-19(18)23-15-9-7-8-10-15/h15H,6-14H2,1-5H3,(H,22,30)(H,23,24,25). The highest BCUT2D eigenvalue weighted by molar-refractivity contribution is 6.05. The van der Waals surface area contributed by atoms with Gasteiger partial charge in [0.1, 0.15) is 11.0 Å². The van der Waals surface area contributed by atoms with Crippen molar-refractivity contribution in [3.8, 4) is 0 Å². The fourth-order valence-electron chi connectivity index (χ4n) is 3.72. The van der Waals surface area contributed by atoms with Crippen LogP contribution >= 0.6 is 0 Å². The molecule has 0 bridgehead atoms. The Kier molecular flexibility index (Phi) is 8.03. The second-order valence-electron chi connectivity index (χ2n) is 8.42. The first-order valence-corrected chi connectivity index (χ1v) is 11.1. The Morgan fingerprint density at radius 3 is 2.58 bits per heavy atom. The largest absolute Gasteiger partial charge is 0.380 e. The van der Waals surface area contributed by atoms with Crippen LogP contribution in [0.3, 0.4) is 0 Å². The molecule has 2 N–H and O–H groups in total. The predicted octanol–water partition coefficient (Wildman–Crippen LogP) is 1.57. The third kappa shape index (κ3) is 5.82. The molecule has 172 valence electrons. The number of nitrogens with one attached hydrogen (secondary N) is 2. The molecule has 1 saturated carbocycles. The molecule has 0 spiro atoms. The summed E-state index contributed by atoms with van der Waals surface area (Å²) in [6, 6.07) is 0.376. The Hall–Kier alpha value is -2.46. The molecule has 3 rings (SSSR count). The molecule has 0 saturated heterocycles. The Morgan fingerprint density at radius 2 is 1.94 bits per heavy atom. The smallest absolute Gasteiger partial charge is 0.274 e. The number of anilines is 2. The van der Waals surface area contributed by atoms with Crippen LogP contribution in [0.2, 0.25) is 0 Å². The van der Waals surface area contributed by atoms with Gasteiger partial charge in [-0.2, -0.15) is 10.1 Å². The highest BCUT2D eigenvalue weighted by Crippen LogP contribution is 2.29. The van der Waals surface area contributed by atoms with E-state index >= 15 is 0 Å². The molecule has 0 aromatic carbocycles. The number of fused-ring (bicyclic) bond motifs is 1. The van der Waals surface area contributed by atoms with Crippen LogP contribution in [0.15, 0.2) is 0 Å². The van der Waals surface area contributed by atoms with Crippen molar-refractivity contribution in [2.24, 2.45) is 0 Å². The summed E-state index contributed by atoms with van der Waals surface area (Å²) in [5, 5.41) is 11.2. The maximum absolute atomic E-state index is 13.0. The van der Waals surface area contributed by atoms with Gasteiger partial charge in [0.2, 0.25) is 5.95 Å². The van der Waals surface area contributed by atoms with E-state index in [-0.39, 0.29) is 5.91 Å². The first kappa shape index (κ1) is 23.2. The van der Waals surface area contributed by atoms with Gasteiger partial charge in [0, 0.05) is 39.8 Å². The van der Waals surface area contributed by atoms with Gasteiger partial charge in [0.05, 0.1) is 13.2 Å². The Labute approximate surface area is 184 Å². The van der Waals surface area contributed by atoms with E-state index in [1.165, 1.54) is 12.8 Å². The molecular weight excluding hydrogens is 396 g/mol. The van der Waals surface area contributed by atoms with Crippen LogP contribution in [0.5, 0.6) is 0 Å². The highest BCUT2D eigenvalue weighted by atomic mass is 16.5. The second kappa shape index (κ2) is 10.7. The fourth-order valence-corrected chi connectivity index (χ4v) is 3.72. The summed E-state index contributed by atoms with van der Waals surface area (Å²) >= 11 is 0. The lowest BCUT2D eigenvalue weighted by molar-refractivity contribution is 0.0945. The molecule has 31 heavy (non-hydrogen) atoms. The molecule has 0 atom stereocenters. The molecule has 1 amide bonds. The number of likely N-dealkylation sites (N-methyl/N-ethyl adjacent to an activating group) is 1. The third-order valence-electron chi connectivity index (χ3n) is 5.38. The van der Waals surface area contributed by atoms with Gasteiger partial charge in [0.15, 0.2) is 11.5 Å². The van der Waals surface area contributed by atoms with Gasteiger partial charge in [-0.25, -0.2) is 4.98 Å². The molecule has 0 radical (unpaired) electrons. The fraction of sp³-hybridized carbons (Fsp3) is 0.714. The molecule has 1 fully saturated rings. The number of hydrogen-bond donors (Lipinski definition) is 2. The van der Waals surface area contributed by atoms with Crippen molar-refractivity contribution in [3.63, 3.8) is 0 Å². The van der Waals surface area contributed by atoms with Crippen molar-refractivity contribution in [2.75, 3.05) is 64.7 Å². The van der Waals surface area contributed by atoms with Crippen molar-refractivity contribution < 1.29 is 9.53 Å². The number of carbonyl (C=O) groups excluding carboxylic acids is 1. The van der Waals surface area contributed by atoms with E-state index in [1.54, 1.807) is 0 Å². The normalized spacial score (nSPS) is 14.5. The quantitative estimate of drug-likeness (QED) is 0.516. The van der Waals surface area contributed by atoms with Crippen LogP contribution in [-0.2, 0) is 11.3 Å². The summed E-state index contributed by atoms with van der Waals surface area (Å²) in [6.45, 7) is 4.92. The summed E-state index contributed by atoms with van der Waals surface area (Å²) in [5.41, 5.74) is 1.65. The van der Waals surface area contributed by atoms with E-state index in [0.717, 1.165) is 30.7 Å². The van der Waals surface area contributed by atoms with Crippen LogP contribution in [0.1, 0.15) is 43.1 Å². The minimum absolute atomic E-state index is 0.225. The first-order chi connectivity index (χ1) is 14.9. The van der Waals surface area contributed by atoms with Crippen molar-refractivity contribution in [3.05, 3.63) is 5.69 Å². The SMILES string of the molecule is CCOCCn1nc(C(=O)NCCN(C)C)c2nc(N(C)C)nc(NC3CCCC3)c21. The van der Waals surface area contributed by atoms with Crippen LogP contribution < -0.4 is 15.5 Å². The molecule has 0 aliphatic heterocycles. The number of rotatable bonds is 11. The lowest BCUT2D eigenvalue weighted by Crippen LogP contribution is -2.31. The molecule has 0 unspecified atom stereocenters. The molecule has 1 aliphatic rings. The van der Waals surface area contributed by atoms with Crippen molar-refractivity contribution in [1.29, 1.82) is 0 Å². The minimum atomic E-state index is -0.225. The molecule has 10 heteroatoms. The van der Waals surface area contributed by atoms with Crippen LogP contribution in [0.4, 0.5) is 11.8 Å². The van der Waals surface area contributed by atoms with Gasteiger partial charge in [-0.05, 0) is 33.9 Å². The molecule has 1 aliphatic carbocycles. The Balaban J connectivity index is 2.03. The highest BCUT2D eigenvalue weighted by Gasteiger charge is 2.25. The van der Waals surface area contributed by atoms with Gasteiger partial charge < -0.3 is 25.2 Å². The topological polar surface area (TPSA) is 100 Å². The lowest BCUT2D eigenvalue weighted by atomic mass is 10.2. The van der Waals surface area contributed by atoms with E-state index in [9.17, 15) is 4.79 Å². The molecule has 2 heterocycles. The zero-order chi connectivity index (χ0) is 22.4. The summed E-state index contributed by atoms with van der Waals surface area (Å²) in [7, 11) is 7.75. The summed E-state index contributed by atoms with van der Waals surface area (Å²) < 4.78 is 7.35. The van der Waals surface area contributed by atoms with Gasteiger partial charge >= 0.3 is 0 Å². The minimum Gasteiger partial charge on any atom is -0.380 e. The Bertz CT molecular complexity index is 874. The summed E-state index contributed by atoms with van der Waals surface area (Å²) in [4.78, 5) is 26.3. The van der Waals surface area contributed by atoms with Crippen LogP contribution in [0.25, 0.3) is 11.0 Å². The van der Waals surface area contributed by atoms with Crippen molar-refractivity contribution in [2.45, 2.75) is 45.2 Å². The molecular formula is C21H36N8O2. The third-order valence-corrected chi connectivity index (χ3v) is 5.38. The van der Waals surface area contributed by atoms with Gasteiger partial charge in [-0.3, -0.25) is 9.48 Å². The van der Waals surface area contributed by atoms with Gasteiger partial charge in [-0.15, -0.1) is 0 Å². The number of hydrogen-bond acceptors (Lipinski definition) is 8. The second-order valence-corrected chi connectivity index (χ2v) is 8.42. The average molecular weight is 433 g/mol. The van der Waals surface area contributed by atoms with E-state index in [2.05, 4.69) is 15.7 Å². The van der Waals surface area contributed by atoms with Crippen LogP contribution in [-0.4, -0.2) is 91.1 Å². The van der Waals surface area contributed by atoms with Crippen molar-refractivity contribution in [1.82, 2.24) is 30.0 Å². The van der Waals surface area contributed by atoms with Gasteiger partial charge in [0.25, 0.3) is 5.91 Å². The number of aromatic nitrogens is 4. The number of nitrogens with zero attached hydrogens (tertiary/aromatic N) is 6. The van der Waals surface area contributed by atoms with E-state index in [4.69, 9.17) is 14.7 Å². The van der Waals surface area contributed by atoms with E-state index in [1.807, 2.05) is 49.6 Å². The predicted molar refractivity (Wildman–Crippen MR) is 123 cm³/mol. The maximum Gasteiger partial charge on any atom is 0.274 e. The number of ether oxygens (including phenoxy) is 1.